The van der Waals surface area contributed by atoms with E-state index in [1.807, 2.05) is 0 Å². The Morgan fingerprint density at radius 2 is 1.56 bits per heavy atom. The largest absolute Gasteiger partial charge is 0.409 e. The summed E-state index contributed by atoms with van der Waals surface area (Å²) in [5, 5.41) is 0. The molecule has 3 heteroatoms. The number of hydrogen-bond acceptors (Lipinski definition) is 0. The molecule has 0 saturated heterocycles. The van der Waals surface area contributed by atoms with Crippen LogP contribution in [0.15, 0.2) is 24.8 Å². The molecule has 0 nitrogen and oxygen atoms in total. The summed E-state index contributed by atoms with van der Waals surface area (Å²) in [7, 11) is 0. The molecule has 0 unspecified atom stereocenters. The first-order valence-corrected chi connectivity index (χ1v) is 2.41. The van der Waals surface area contributed by atoms with Crippen LogP contribution in [0.1, 0.15) is 6.42 Å². The number of alkyl halides is 3. The zero-order valence-corrected chi connectivity index (χ0v) is 4.78. The number of hydrogen-bond donors (Lipinski definition) is 0. The summed E-state index contributed by atoms with van der Waals surface area (Å²) in [6.07, 6.45) is 1.24. The summed E-state index contributed by atoms with van der Waals surface area (Å²) in [5.74, 6) is 0. The fourth-order valence-corrected chi connectivity index (χ4v) is 0. The van der Waals surface area contributed by atoms with Crippen molar-refractivity contribution in [3.05, 3.63) is 24.8 Å². The summed E-state index contributed by atoms with van der Waals surface area (Å²) < 4.78 is 32.0. The van der Waals surface area contributed by atoms with Crippen LogP contribution in [0.3, 0.4) is 0 Å². The maximum absolute atomic E-state index is 10.7. The summed E-state index contributed by atoms with van der Waals surface area (Å²) in [4.78, 5) is 0. The molecule has 0 saturated carbocycles. The van der Waals surface area contributed by atoms with E-state index in [9.17, 15) is 13.2 Å². The molecule has 0 spiro atoms. The third-order valence-corrected chi connectivity index (χ3v) is 0.467. The molecule has 0 radical (unpaired) electrons. The molecule has 1 aliphatic carbocycles. The number of allylic oxidation sites excluding steroid dienone is 3. The highest BCUT2D eigenvalue weighted by Crippen LogP contribution is 2.13. The molecule has 0 bridgehead atoms. The minimum Gasteiger partial charge on any atom is -0.167 e. The van der Waals surface area contributed by atoms with E-state index < -0.39 is 6.18 Å². The SMILES string of the molecule is C1=CC1.C=CC(F)(F)F. The topological polar surface area (TPSA) is 0 Å². The first-order chi connectivity index (χ1) is 4.06. The molecule has 1 aliphatic rings. The van der Waals surface area contributed by atoms with E-state index in [4.69, 9.17) is 0 Å². The molecule has 0 aliphatic heterocycles. The fraction of sp³-hybridized carbons (Fsp3) is 0.333. The van der Waals surface area contributed by atoms with Crippen molar-refractivity contribution in [1.29, 1.82) is 0 Å². The molecular formula is C6H7F3. The van der Waals surface area contributed by atoms with Crippen LogP contribution in [0.5, 0.6) is 0 Å². The summed E-state index contributed by atoms with van der Waals surface area (Å²) in [5.41, 5.74) is 0. The van der Waals surface area contributed by atoms with Gasteiger partial charge in [0.15, 0.2) is 0 Å². The quantitative estimate of drug-likeness (QED) is 0.449. The van der Waals surface area contributed by atoms with Gasteiger partial charge in [0.05, 0.1) is 0 Å². The molecule has 1 rings (SSSR count). The second kappa shape index (κ2) is 3.33. The van der Waals surface area contributed by atoms with Gasteiger partial charge in [0, 0.05) is 6.08 Å². The van der Waals surface area contributed by atoms with Gasteiger partial charge >= 0.3 is 6.18 Å². The molecule has 0 amide bonds. The zero-order valence-electron chi connectivity index (χ0n) is 4.78. The molecule has 0 aromatic rings. The van der Waals surface area contributed by atoms with E-state index in [-0.39, 0.29) is 6.08 Å². The average Bonchev–Trinajstić information content (AvgIpc) is 2.45. The van der Waals surface area contributed by atoms with Crippen molar-refractivity contribution in [2.45, 2.75) is 12.6 Å². The predicted molar refractivity (Wildman–Crippen MR) is 30.0 cm³/mol. The molecule has 0 N–H and O–H groups in total. The van der Waals surface area contributed by atoms with E-state index in [2.05, 4.69) is 18.7 Å². The van der Waals surface area contributed by atoms with Crippen LogP contribution in [0, 0.1) is 0 Å². The molecule has 0 aromatic carbocycles. The zero-order chi connectivity index (χ0) is 7.33. The van der Waals surface area contributed by atoms with E-state index in [1.165, 1.54) is 6.42 Å². The van der Waals surface area contributed by atoms with Crippen LogP contribution < -0.4 is 0 Å². The Bertz CT molecular complexity index is 106. The molecular weight excluding hydrogens is 129 g/mol. The fourth-order valence-electron chi connectivity index (χ4n) is 0. The molecule has 0 aromatic heterocycles. The summed E-state index contributed by atoms with van der Waals surface area (Å²) >= 11 is 0. The summed E-state index contributed by atoms with van der Waals surface area (Å²) in [6.45, 7) is 2.51. The Labute approximate surface area is 51.7 Å². The van der Waals surface area contributed by atoms with Crippen LogP contribution in [0.4, 0.5) is 13.2 Å². The van der Waals surface area contributed by atoms with Gasteiger partial charge in [-0.1, -0.05) is 18.7 Å². The van der Waals surface area contributed by atoms with Crippen LogP contribution in [-0.2, 0) is 0 Å². The van der Waals surface area contributed by atoms with E-state index in [0.717, 1.165) is 0 Å². The average molecular weight is 136 g/mol. The lowest BCUT2D eigenvalue weighted by atomic mass is 10.6. The predicted octanol–water partition coefficient (Wildman–Crippen LogP) is 2.68. The maximum Gasteiger partial charge on any atom is 0.409 e. The van der Waals surface area contributed by atoms with E-state index >= 15 is 0 Å². The highest BCUT2D eigenvalue weighted by Gasteiger charge is 2.19. The molecule has 9 heavy (non-hydrogen) atoms. The van der Waals surface area contributed by atoms with Gasteiger partial charge < -0.3 is 0 Å². The monoisotopic (exact) mass is 136 g/mol. The van der Waals surface area contributed by atoms with Crippen LogP contribution >= 0.6 is 0 Å². The van der Waals surface area contributed by atoms with Gasteiger partial charge in [-0.25, -0.2) is 0 Å². The highest BCUT2D eigenvalue weighted by molar-refractivity contribution is 5.02. The number of rotatable bonds is 0. The van der Waals surface area contributed by atoms with Crippen LogP contribution in [0.25, 0.3) is 0 Å². The molecule has 0 fully saturated rings. The van der Waals surface area contributed by atoms with Crippen molar-refractivity contribution in [3.8, 4) is 0 Å². The van der Waals surface area contributed by atoms with Crippen molar-refractivity contribution in [1.82, 2.24) is 0 Å². The van der Waals surface area contributed by atoms with Crippen LogP contribution in [-0.4, -0.2) is 6.18 Å². The van der Waals surface area contributed by atoms with Crippen molar-refractivity contribution in [2.75, 3.05) is 0 Å². The van der Waals surface area contributed by atoms with Gasteiger partial charge in [-0.15, -0.1) is 0 Å². The van der Waals surface area contributed by atoms with E-state index in [1.54, 1.807) is 0 Å². The second-order valence-corrected chi connectivity index (χ2v) is 1.45. The maximum atomic E-state index is 10.7. The van der Waals surface area contributed by atoms with Gasteiger partial charge in [0.25, 0.3) is 0 Å². The molecule has 52 valence electrons. The number of halogens is 3. The Hall–Kier alpha value is -0.730. The van der Waals surface area contributed by atoms with Gasteiger partial charge in [0.1, 0.15) is 0 Å². The lowest BCUT2D eigenvalue weighted by Crippen LogP contribution is -1.98. The van der Waals surface area contributed by atoms with Gasteiger partial charge in [0.2, 0.25) is 0 Å². The normalized spacial score (nSPS) is 13.7. The van der Waals surface area contributed by atoms with Gasteiger partial charge in [-0.05, 0) is 6.42 Å². The minimum absolute atomic E-state index is 0.0625. The Balaban J connectivity index is 0.000000173. The van der Waals surface area contributed by atoms with Gasteiger partial charge in [-0.3, -0.25) is 0 Å². The third kappa shape index (κ3) is 18.9. The van der Waals surface area contributed by atoms with Crippen molar-refractivity contribution in [3.63, 3.8) is 0 Å². The standard InChI is InChI=1S/C3H3F3.C3H4/c1-2-3(4,5)6;1-2-3-1/h2H,1H2;1-2H,3H2. The highest BCUT2D eigenvalue weighted by atomic mass is 19.4. The lowest BCUT2D eigenvalue weighted by Gasteiger charge is -1.91. The van der Waals surface area contributed by atoms with E-state index in [0.29, 0.717) is 0 Å². The summed E-state index contributed by atoms with van der Waals surface area (Å²) in [6, 6.07) is 0. The lowest BCUT2D eigenvalue weighted by molar-refractivity contribution is -0.0795. The van der Waals surface area contributed by atoms with Crippen LogP contribution in [0.2, 0.25) is 0 Å². The Kier molecular flexibility index (Phi) is 3.06. The minimum atomic E-state index is -4.19. The third-order valence-electron chi connectivity index (χ3n) is 0.467. The second-order valence-electron chi connectivity index (χ2n) is 1.45. The Morgan fingerprint density at radius 1 is 1.33 bits per heavy atom. The molecule has 0 heterocycles. The first-order valence-electron chi connectivity index (χ1n) is 2.41. The van der Waals surface area contributed by atoms with Gasteiger partial charge in [-0.2, -0.15) is 13.2 Å². The van der Waals surface area contributed by atoms with Crippen molar-refractivity contribution >= 4 is 0 Å². The van der Waals surface area contributed by atoms with Crippen molar-refractivity contribution < 1.29 is 13.2 Å². The smallest absolute Gasteiger partial charge is 0.167 e. The van der Waals surface area contributed by atoms with Crippen molar-refractivity contribution in [2.24, 2.45) is 0 Å². The molecule has 0 atom stereocenters. The first kappa shape index (κ1) is 8.27. The Morgan fingerprint density at radius 3 is 1.56 bits per heavy atom.